The molecule has 2 heterocycles. The maximum atomic E-state index is 6.18. The normalized spacial score (nSPS) is 10.7. The number of aryl methyl sites for hydroxylation is 1. The number of H-pyrrole nitrogens is 1. The molecule has 0 radical (unpaired) electrons. The van der Waals surface area contributed by atoms with Crippen LogP contribution in [0.2, 0.25) is 5.02 Å². The lowest BCUT2D eigenvalue weighted by atomic mass is 10.0. The summed E-state index contributed by atoms with van der Waals surface area (Å²) >= 11 is 6.18. The monoisotopic (exact) mass is 343 g/mol. The Hall–Kier alpha value is -2.53. The molecule has 3 aromatic rings. The molecule has 0 aliphatic rings. The van der Waals surface area contributed by atoms with Crippen molar-refractivity contribution in [3.8, 4) is 22.8 Å². The van der Waals surface area contributed by atoms with E-state index in [1.165, 1.54) is 0 Å². The number of hydrogen-bond donors (Lipinski definition) is 1. The molecule has 0 spiro atoms. The number of nitrogens with one attached hydrogen (secondary N) is 1. The minimum atomic E-state index is 0.581. The fourth-order valence-corrected chi connectivity index (χ4v) is 2.81. The quantitative estimate of drug-likeness (QED) is 0.759. The van der Waals surface area contributed by atoms with Gasteiger partial charge in [-0.05, 0) is 42.3 Å². The SMILES string of the molecule is COc1cc(C)c(Cc2cc(-c3ccncc3Cl)n[nH]2)cc1OC. The van der Waals surface area contributed by atoms with Crippen LogP contribution in [0.25, 0.3) is 11.3 Å². The maximum Gasteiger partial charge on any atom is 0.161 e. The van der Waals surface area contributed by atoms with Crippen LogP contribution in [0.5, 0.6) is 11.5 Å². The summed E-state index contributed by atoms with van der Waals surface area (Å²) in [5, 5.41) is 8.01. The van der Waals surface area contributed by atoms with E-state index >= 15 is 0 Å². The second kappa shape index (κ2) is 6.93. The molecule has 0 saturated carbocycles. The second-order valence-corrected chi connectivity index (χ2v) is 5.85. The van der Waals surface area contributed by atoms with Gasteiger partial charge in [0.25, 0.3) is 0 Å². The van der Waals surface area contributed by atoms with E-state index in [9.17, 15) is 0 Å². The van der Waals surface area contributed by atoms with Gasteiger partial charge in [-0.15, -0.1) is 0 Å². The van der Waals surface area contributed by atoms with E-state index in [0.717, 1.165) is 39.6 Å². The highest BCUT2D eigenvalue weighted by Crippen LogP contribution is 2.32. The summed E-state index contributed by atoms with van der Waals surface area (Å²) in [5.74, 6) is 1.45. The van der Waals surface area contributed by atoms with Gasteiger partial charge in [-0.2, -0.15) is 5.10 Å². The molecule has 124 valence electrons. The largest absolute Gasteiger partial charge is 0.493 e. The van der Waals surface area contributed by atoms with E-state index in [1.807, 2.05) is 31.2 Å². The molecule has 6 heteroatoms. The Morgan fingerprint density at radius 1 is 1.12 bits per heavy atom. The first kappa shape index (κ1) is 16.3. The highest BCUT2D eigenvalue weighted by molar-refractivity contribution is 6.33. The molecular weight excluding hydrogens is 326 g/mol. The van der Waals surface area contributed by atoms with Gasteiger partial charge in [-0.3, -0.25) is 10.1 Å². The van der Waals surface area contributed by atoms with E-state index in [4.69, 9.17) is 21.1 Å². The molecule has 0 bridgehead atoms. The predicted molar refractivity (Wildman–Crippen MR) is 93.9 cm³/mol. The van der Waals surface area contributed by atoms with Gasteiger partial charge in [0.1, 0.15) is 0 Å². The van der Waals surface area contributed by atoms with Crippen LogP contribution in [0.1, 0.15) is 16.8 Å². The zero-order valence-electron chi connectivity index (χ0n) is 13.8. The van der Waals surface area contributed by atoms with Crippen molar-refractivity contribution in [2.45, 2.75) is 13.3 Å². The van der Waals surface area contributed by atoms with Crippen molar-refractivity contribution < 1.29 is 9.47 Å². The highest BCUT2D eigenvalue weighted by Gasteiger charge is 2.12. The second-order valence-electron chi connectivity index (χ2n) is 5.44. The third kappa shape index (κ3) is 3.21. The summed E-state index contributed by atoms with van der Waals surface area (Å²) in [4.78, 5) is 4.00. The lowest BCUT2D eigenvalue weighted by Gasteiger charge is -2.12. The molecule has 1 N–H and O–H groups in total. The van der Waals surface area contributed by atoms with E-state index < -0.39 is 0 Å². The van der Waals surface area contributed by atoms with Crippen LogP contribution < -0.4 is 9.47 Å². The number of nitrogens with zero attached hydrogens (tertiary/aromatic N) is 2. The number of aromatic nitrogens is 3. The average Bonchev–Trinajstić information content (AvgIpc) is 3.05. The van der Waals surface area contributed by atoms with Gasteiger partial charge < -0.3 is 9.47 Å². The zero-order valence-corrected chi connectivity index (χ0v) is 14.5. The van der Waals surface area contributed by atoms with Crippen molar-refractivity contribution in [3.05, 3.63) is 58.5 Å². The minimum absolute atomic E-state index is 0.581. The van der Waals surface area contributed by atoms with Gasteiger partial charge in [0.15, 0.2) is 11.5 Å². The van der Waals surface area contributed by atoms with Crippen molar-refractivity contribution >= 4 is 11.6 Å². The minimum Gasteiger partial charge on any atom is -0.493 e. The van der Waals surface area contributed by atoms with Crippen LogP contribution in [0.4, 0.5) is 0 Å². The molecule has 0 atom stereocenters. The number of pyridine rings is 1. The number of benzene rings is 1. The molecule has 3 rings (SSSR count). The van der Waals surface area contributed by atoms with Crippen molar-refractivity contribution in [2.24, 2.45) is 0 Å². The van der Waals surface area contributed by atoms with Crippen LogP contribution >= 0.6 is 11.6 Å². The molecule has 2 aromatic heterocycles. The van der Waals surface area contributed by atoms with Crippen molar-refractivity contribution in [2.75, 3.05) is 14.2 Å². The van der Waals surface area contributed by atoms with Crippen LogP contribution in [0.15, 0.2) is 36.7 Å². The summed E-state index contributed by atoms with van der Waals surface area (Å²) in [5.41, 5.74) is 4.93. The first-order valence-corrected chi connectivity index (χ1v) is 7.86. The summed E-state index contributed by atoms with van der Waals surface area (Å²) in [6.07, 6.45) is 4.03. The Labute approximate surface area is 145 Å². The number of halogens is 1. The number of rotatable bonds is 5. The molecule has 0 aliphatic heterocycles. The zero-order chi connectivity index (χ0) is 17.1. The number of hydrogen-bond acceptors (Lipinski definition) is 4. The summed E-state index contributed by atoms with van der Waals surface area (Å²) < 4.78 is 10.7. The topological polar surface area (TPSA) is 60.0 Å². The smallest absolute Gasteiger partial charge is 0.161 e. The molecule has 1 aromatic carbocycles. The molecule has 24 heavy (non-hydrogen) atoms. The molecule has 0 amide bonds. The van der Waals surface area contributed by atoms with Crippen molar-refractivity contribution in [3.63, 3.8) is 0 Å². The van der Waals surface area contributed by atoms with Crippen LogP contribution in [-0.2, 0) is 6.42 Å². The van der Waals surface area contributed by atoms with Gasteiger partial charge in [0.05, 0.1) is 24.9 Å². The van der Waals surface area contributed by atoms with Gasteiger partial charge in [0, 0.05) is 30.1 Å². The van der Waals surface area contributed by atoms with E-state index in [-0.39, 0.29) is 0 Å². The number of methoxy groups -OCH3 is 2. The highest BCUT2D eigenvalue weighted by atomic mass is 35.5. The van der Waals surface area contributed by atoms with Gasteiger partial charge in [-0.25, -0.2) is 0 Å². The molecule has 0 fully saturated rings. The third-order valence-electron chi connectivity index (χ3n) is 3.90. The third-order valence-corrected chi connectivity index (χ3v) is 4.20. The Bertz CT molecular complexity index is 861. The van der Waals surface area contributed by atoms with Gasteiger partial charge in [-0.1, -0.05) is 11.6 Å². The maximum absolute atomic E-state index is 6.18. The Morgan fingerprint density at radius 2 is 1.88 bits per heavy atom. The van der Waals surface area contributed by atoms with Gasteiger partial charge >= 0.3 is 0 Å². The number of ether oxygens (including phenoxy) is 2. The van der Waals surface area contributed by atoms with Crippen LogP contribution in [0, 0.1) is 6.92 Å². The summed E-state index contributed by atoms with van der Waals surface area (Å²) in [6.45, 7) is 2.05. The fraction of sp³-hybridized carbons (Fsp3) is 0.222. The lowest BCUT2D eigenvalue weighted by molar-refractivity contribution is 0.354. The first-order valence-electron chi connectivity index (χ1n) is 7.48. The Balaban J connectivity index is 1.89. The molecule has 0 aliphatic carbocycles. The van der Waals surface area contributed by atoms with Crippen molar-refractivity contribution in [1.82, 2.24) is 15.2 Å². The van der Waals surface area contributed by atoms with Gasteiger partial charge in [0.2, 0.25) is 0 Å². The first-order chi connectivity index (χ1) is 11.6. The van der Waals surface area contributed by atoms with E-state index in [0.29, 0.717) is 11.4 Å². The summed E-state index contributed by atoms with van der Waals surface area (Å²) in [6, 6.07) is 7.82. The molecular formula is C18H18ClN3O2. The Kier molecular flexibility index (Phi) is 4.71. The van der Waals surface area contributed by atoms with E-state index in [2.05, 4.69) is 15.2 Å². The molecule has 5 nitrogen and oxygen atoms in total. The fourth-order valence-electron chi connectivity index (χ4n) is 2.59. The number of aromatic amines is 1. The lowest BCUT2D eigenvalue weighted by Crippen LogP contribution is -1.97. The standard InChI is InChI=1S/C18H18ClN3O2/c1-11-6-17(23-2)18(24-3)8-12(11)7-13-9-16(22-21-13)14-4-5-20-10-15(14)19/h4-6,8-10H,7H2,1-3H3,(H,21,22). The van der Waals surface area contributed by atoms with Crippen LogP contribution in [0.3, 0.4) is 0 Å². The molecule has 0 saturated heterocycles. The molecule has 0 unspecified atom stereocenters. The predicted octanol–water partition coefficient (Wildman–Crippen LogP) is 4.04. The van der Waals surface area contributed by atoms with E-state index in [1.54, 1.807) is 26.6 Å². The van der Waals surface area contributed by atoms with Crippen molar-refractivity contribution in [1.29, 1.82) is 0 Å². The van der Waals surface area contributed by atoms with Crippen LogP contribution in [-0.4, -0.2) is 29.4 Å². The average molecular weight is 344 g/mol. The summed E-state index contributed by atoms with van der Waals surface area (Å²) in [7, 11) is 3.27. The Morgan fingerprint density at radius 3 is 2.58 bits per heavy atom.